The van der Waals surface area contributed by atoms with Gasteiger partial charge in [0.25, 0.3) is 5.69 Å². The fourth-order valence-electron chi connectivity index (χ4n) is 1.80. The fourth-order valence-corrected chi connectivity index (χ4v) is 2.16. The minimum Gasteiger partial charge on any atom is -0.377 e. The van der Waals surface area contributed by atoms with E-state index in [-0.39, 0.29) is 11.7 Å². The average molecular weight is 321 g/mol. The maximum absolute atomic E-state index is 10.8. The second-order valence-corrected chi connectivity index (χ2v) is 5.05. The molecule has 0 aliphatic rings. The van der Waals surface area contributed by atoms with E-state index in [1.807, 2.05) is 37.3 Å². The summed E-state index contributed by atoms with van der Waals surface area (Å²) in [6.07, 6.45) is 0. The lowest BCUT2D eigenvalue weighted by atomic mass is 10.1. The Hall–Kier alpha value is -1.88. The van der Waals surface area contributed by atoms with Crippen molar-refractivity contribution in [3.63, 3.8) is 0 Å². The van der Waals surface area contributed by atoms with Crippen LogP contribution in [0.2, 0.25) is 0 Å². The Labute approximate surface area is 119 Å². The van der Waals surface area contributed by atoms with Gasteiger partial charge < -0.3 is 5.32 Å². The van der Waals surface area contributed by atoms with Crippen molar-refractivity contribution in [2.45, 2.75) is 13.0 Å². The van der Waals surface area contributed by atoms with E-state index in [9.17, 15) is 10.1 Å². The van der Waals surface area contributed by atoms with Crippen LogP contribution >= 0.6 is 15.9 Å². The molecule has 0 aliphatic carbocycles. The predicted molar refractivity (Wildman–Crippen MR) is 79.3 cm³/mol. The van der Waals surface area contributed by atoms with Gasteiger partial charge in [0.2, 0.25) is 0 Å². The largest absolute Gasteiger partial charge is 0.377 e. The Balaban J connectivity index is 2.23. The van der Waals surface area contributed by atoms with Gasteiger partial charge in [-0.2, -0.15) is 0 Å². The highest BCUT2D eigenvalue weighted by Crippen LogP contribution is 2.30. The molecule has 1 atom stereocenters. The van der Waals surface area contributed by atoms with Crippen LogP contribution in [0.15, 0.2) is 53.0 Å². The van der Waals surface area contributed by atoms with Crippen molar-refractivity contribution < 1.29 is 4.92 Å². The van der Waals surface area contributed by atoms with E-state index >= 15 is 0 Å². The van der Waals surface area contributed by atoms with E-state index in [2.05, 4.69) is 21.2 Å². The summed E-state index contributed by atoms with van der Waals surface area (Å²) in [6.45, 7) is 2.01. The summed E-state index contributed by atoms with van der Waals surface area (Å²) in [5.41, 5.74) is 1.91. The van der Waals surface area contributed by atoms with Gasteiger partial charge in [-0.1, -0.05) is 30.3 Å². The Morgan fingerprint density at radius 1 is 1.21 bits per heavy atom. The molecular weight excluding hydrogens is 308 g/mol. The summed E-state index contributed by atoms with van der Waals surface area (Å²) in [7, 11) is 0. The smallest absolute Gasteiger partial charge is 0.271 e. The topological polar surface area (TPSA) is 55.2 Å². The van der Waals surface area contributed by atoms with Crippen LogP contribution in [0.3, 0.4) is 0 Å². The molecule has 0 radical (unpaired) electrons. The van der Waals surface area contributed by atoms with Crippen LogP contribution in [-0.2, 0) is 0 Å². The molecule has 0 saturated carbocycles. The monoisotopic (exact) mass is 320 g/mol. The second-order valence-electron chi connectivity index (χ2n) is 4.20. The van der Waals surface area contributed by atoms with Crippen LogP contribution in [0.25, 0.3) is 0 Å². The molecule has 2 aromatic rings. The van der Waals surface area contributed by atoms with E-state index < -0.39 is 4.92 Å². The van der Waals surface area contributed by atoms with Gasteiger partial charge in [0, 0.05) is 22.6 Å². The lowest BCUT2D eigenvalue weighted by Crippen LogP contribution is -2.07. The molecular formula is C14H13BrN2O2. The molecule has 4 nitrogen and oxygen atoms in total. The molecule has 1 N–H and O–H groups in total. The maximum atomic E-state index is 10.8. The number of hydrogen-bond donors (Lipinski definition) is 1. The SMILES string of the molecule is CC(Nc1cc([N+](=O)[O-])ccc1Br)c1ccccc1. The molecule has 0 fully saturated rings. The number of anilines is 1. The first-order valence-corrected chi connectivity index (χ1v) is 6.62. The van der Waals surface area contributed by atoms with Crippen LogP contribution in [-0.4, -0.2) is 4.92 Å². The number of nitrogens with zero attached hydrogens (tertiary/aromatic N) is 1. The summed E-state index contributed by atoms with van der Waals surface area (Å²) < 4.78 is 0.806. The summed E-state index contributed by atoms with van der Waals surface area (Å²) in [6, 6.07) is 14.7. The minimum atomic E-state index is -0.398. The zero-order chi connectivity index (χ0) is 13.8. The van der Waals surface area contributed by atoms with E-state index in [0.717, 1.165) is 10.0 Å². The molecule has 2 aromatic carbocycles. The molecule has 19 heavy (non-hydrogen) atoms. The van der Waals surface area contributed by atoms with Crippen LogP contribution in [0.1, 0.15) is 18.5 Å². The average Bonchev–Trinajstić information content (AvgIpc) is 2.42. The van der Waals surface area contributed by atoms with Crippen molar-refractivity contribution in [1.29, 1.82) is 0 Å². The molecule has 0 heterocycles. The summed E-state index contributed by atoms with van der Waals surface area (Å²) in [5.74, 6) is 0. The number of halogens is 1. The van der Waals surface area contributed by atoms with Crippen LogP contribution in [0, 0.1) is 10.1 Å². The number of hydrogen-bond acceptors (Lipinski definition) is 3. The predicted octanol–water partition coefficient (Wildman–Crippen LogP) is 4.53. The van der Waals surface area contributed by atoms with Crippen molar-refractivity contribution in [2.24, 2.45) is 0 Å². The summed E-state index contributed by atoms with van der Waals surface area (Å²) >= 11 is 3.40. The van der Waals surface area contributed by atoms with Crippen molar-refractivity contribution in [3.05, 3.63) is 68.7 Å². The highest BCUT2D eigenvalue weighted by molar-refractivity contribution is 9.10. The third kappa shape index (κ3) is 3.32. The molecule has 0 saturated heterocycles. The first-order valence-electron chi connectivity index (χ1n) is 5.83. The van der Waals surface area contributed by atoms with Gasteiger partial charge in [-0.15, -0.1) is 0 Å². The highest BCUT2D eigenvalue weighted by Gasteiger charge is 2.12. The van der Waals surface area contributed by atoms with Crippen LogP contribution in [0.4, 0.5) is 11.4 Å². The van der Waals surface area contributed by atoms with Gasteiger partial charge in [-0.3, -0.25) is 10.1 Å². The Morgan fingerprint density at radius 3 is 2.53 bits per heavy atom. The normalized spacial score (nSPS) is 11.9. The van der Waals surface area contributed by atoms with Gasteiger partial charge >= 0.3 is 0 Å². The van der Waals surface area contributed by atoms with E-state index in [1.165, 1.54) is 12.1 Å². The van der Waals surface area contributed by atoms with E-state index in [4.69, 9.17) is 0 Å². The number of nitro benzene ring substituents is 1. The highest BCUT2D eigenvalue weighted by atomic mass is 79.9. The van der Waals surface area contributed by atoms with Crippen LogP contribution in [0.5, 0.6) is 0 Å². The number of non-ortho nitro benzene ring substituents is 1. The van der Waals surface area contributed by atoms with Gasteiger partial charge in [-0.05, 0) is 34.5 Å². The number of benzene rings is 2. The zero-order valence-electron chi connectivity index (χ0n) is 10.3. The Bertz CT molecular complexity index is 587. The minimum absolute atomic E-state index is 0.0690. The second kappa shape index (κ2) is 5.84. The van der Waals surface area contributed by atoms with Crippen LogP contribution < -0.4 is 5.32 Å². The van der Waals surface area contributed by atoms with Crippen molar-refractivity contribution in [2.75, 3.05) is 5.32 Å². The zero-order valence-corrected chi connectivity index (χ0v) is 11.9. The summed E-state index contributed by atoms with van der Waals surface area (Å²) in [5, 5.41) is 14.1. The third-order valence-electron chi connectivity index (χ3n) is 2.83. The Morgan fingerprint density at radius 2 is 1.89 bits per heavy atom. The molecule has 5 heteroatoms. The van der Waals surface area contributed by atoms with Gasteiger partial charge in [-0.25, -0.2) is 0 Å². The van der Waals surface area contributed by atoms with Crippen molar-refractivity contribution in [1.82, 2.24) is 0 Å². The molecule has 2 rings (SSSR count). The number of nitrogens with one attached hydrogen (secondary N) is 1. The lowest BCUT2D eigenvalue weighted by molar-refractivity contribution is -0.384. The molecule has 0 amide bonds. The number of rotatable bonds is 4. The molecule has 0 bridgehead atoms. The lowest BCUT2D eigenvalue weighted by Gasteiger charge is -2.16. The van der Waals surface area contributed by atoms with Gasteiger partial charge in [0.15, 0.2) is 0 Å². The van der Waals surface area contributed by atoms with Crippen molar-refractivity contribution >= 4 is 27.3 Å². The Kier molecular flexibility index (Phi) is 4.16. The quantitative estimate of drug-likeness (QED) is 0.665. The maximum Gasteiger partial charge on any atom is 0.271 e. The first-order chi connectivity index (χ1) is 9.08. The van der Waals surface area contributed by atoms with Gasteiger partial charge in [0.05, 0.1) is 10.6 Å². The third-order valence-corrected chi connectivity index (χ3v) is 3.52. The van der Waals surface area contributed by atoms with E-state index in [1.54, 1.807) is 6.07 Å². The molecule has 0 aliphatic heterocycles. The molecule has 0 spiro atoms. The standard InChI is InChI=1S/C14H13BrN2O2/c1-10(11-5-3-2-4-6-11)16-14-9-12(17(18)19)7-8-13(14)15/h2-10,16H,1H3. The molecule has 98 valence electrons. The molecule has 1 unspecified atom stereocenters. The van der Waals surface area contributed by atoms with Gasteiger partial charge in [0.1, 0.15) is 0 Å². The first kappa shape index (κ1) is 13.5. The fraction of sp³-hybridized carbons (Fsp3) is 0.143. The summed E-state index contributed by atoms with van der Waals surface area (Å²) in [4.78, 5) is 10.4. The van der Waals surface area contributed by atoms with E-state index in [0.29, 0.717) is 5.69 Å². The molecule has 0 aromatic heterocycles. The number of nitro groups is 1. The van der Waals surface area contributed by atoms with Crippen molar-refractivity contribution in [3.8, 4) is 0 Å².